The van der Waals surface area contributed by atoms with Gasteiger partial charge in [-0.25, -0.2) is 0 Å². The lowest BCUT2D eigenvalue weighted by Gasteiger charge is -2.28. The Balaban J connectivity index is 1.94. The number of aliphatic hydroxyl groups excluding tert-OH is 1. The summed E-state index contributed by atoms with van der Waals surface area (Å²) in [5.41, 5.74) is 1.35. The van der Waals surface area contributed by atoms with Crippen molar-refractivity contribution in [2.24, 2.45) is 5.92 Å². The number of anilines is 1. The molecule has 1 aliphatic carbocycles. The molecule has 0 saturated heterocycles. The summed E-state index contributed by atoms with van der Waals surface area (Å²) in [6.07, 6.45) is 5.12. The number of benzene rings is 1. The van der Waals surface area contributed by atoms with Gasteiger partial charge in [0.25, 0.3) is 5.91 Å². The molecular weight excluding hydrogens is 312 g/mol. The Morgan fingerprint density at radius 1 is 1.30 bits per heavy atom. The summed E-state index contributed by atoms with van der Waals surface area (Å²) in [4.78, 5) is 12.6. The lowest BCUT2D eigenvalue weighted by molar-refractivity contribution is 0.0922. The summed E-state index contributed by atoms with van der Waals surface area (Å²) in [6, 6.07) is 7.66. The van der Waals surface area contributed by atoms with Crippen molar-refractivity contribution in [3.8, 4) is 0 Å². The van der Waals surface area contributed by atoms with Gasteiger partial charge in [-0.3, -0.25) is 4.79 Å². The lowest BCUT2D eigenvalue weighted by Crippen LogP contribution is -2.38. The van der Waals surface area contributed by atoms with E-state index < -0.39 is 6.10 Å². The van der Waals surface area contributed by atoms with Gasteiger partial charge in [0.1, 0.15) is 0 Å². The van der Waals surface area contributed by atoms with Crippen LogP contribution in [0.15, 0.2) is 24.3 Å². The van der Waals surface area contributed by atoms with Gasteiger partial charge in [0, 0.05) is 18.3 Å². The van der Waals surface area contributed by atoms with Crippen LogP contribution in [-0.4, -0.2) is 35.6 Å². The summed E-state index contributed by atoms with van der Waals surface area (Å²) in [5, 5.41) is 15.8. The number of rotatable bonds is 7. The van der Waals surface area contributed by atoms with E-state index in [-0.39, 0.29) is 17.8 Å². The molecule has 1 amide bonds. The molecule has 128 valence electrons. The molecule has 1 saturated carbocycles. The normalized spacial score (nSPS) is 22.4. The van der Waals surface area contributed by atoms with Gasteiger partial charge < -0.3 is 15.7 Å². The molecule has 0 heterocycles. The van der Waals surface area contributed by atoms with Crippen molar-refractivity contribution in [3.63, 3.8) is 0 Å². The summed E-state index contributed by atoms with van der Waals surface area (Å²) in [5.74, 6) is 0.935. The number of para-hydroxylation sites is 1. The highest BCUT2D eigenvalue weighted by molar-refractivity contribution is 6.18. The molecule has 23 heavy (non-hydrogen) atoms. The number of nitrogens with one attached hydrogen (secondary N) is 2. The first-order valence-corrected chi connectivity index (χ1v) is 9.05. The Morgan fingerprint density at radius 3 is 2.65 bits per heavy atom. The predicted octanol–water partition coefficient (Wildman–Crippen LogP) is 3.40. The molecule has 1 unspecified atom stereocenters. The molecule has 5 heteroatoms. The third-order valence-electron chi connectivity index (χ3n) is 4.64. The van der Waals surface area contributed by atoms with Gasteiger partial charge in [-0.2, -0.15) is 0 Å². The number of alkyl halides is 1. The van der Waals surface area contributed by atoms with E-state index in [0.717, 1.165) is 24.4 Å². The highest BCUT2D eigenvalue weighted by Crippen LogP contribution is 2.27. The van der Waals surface area contributed by atoms with Crippen molar-refractivity contribution >= 4 is 23.2 Å². The maximum atomic E-state index is 12.6. The number of carbonyl (C=O) groups excluding carboxylic acids is 1. The van der Waals surface area contributed by atoms with E-state index >= 15 is 0 Å². The fourth-order valence-electron chi connectivity index (χ4n) is 3.10. The quantitative estimate of drug-likeness (QED) is 0.668. The molecule has 0 spiro atoms. The topological polar surface area (TPSA) is 61.4 Å². The molecule has 2 rings (SSSR count). The smallest absolute Gasteiger partial charge is 0.253 e. The van der Waals surface area contributed by atoms with E-state index in [1.165, 1.54) is 19.3 Å². The van der Waals surface area contributed by atoms with Crippen LogP contribution in [0.2, 0.25) is 0 Å². The van der Waals surface area contributed by atoms with E-state index in [1.807, 2.05) is 24.3 Å². The van der Waals surface area contributed by atoms with E-state index in [2.05, 4.69) is 17.6 Å². The van der Waals surface area contributed by atoms with Gasteiger partial charge >= 0.3 is 0 Å². The second-order valence-electron chi connectivity index (χ2n) is 6.33. The van der Waals surface area contributed by atoms with Crippen LogP contribution in [0.25, 0.3) is 0 Å². The van der Waals surface area contributed by atoms with E-state index in [9.17, 15) is 9.90 Å². The van der Waals surface area contributed by atoms with E-state index in [0.29, 0.717) is 12.1 Å². The van der Waals surface area contributed by atoms with Crippen molar-refractivity contribution < 1.29 is 9.90 Å². The Labute approximate surface area is 143 Å². The zero-order valence-electron chi connectivity index (χ0n) is 13.7. The maximum Gasteiger partial charge on any atom is 0.253 e. The van der Waals surface area contributed by atoms with Crippen LogP contribution < -0.4 is 10.6 Å². The van der Waals surface area contributed by atoms with Crippen molar-refractivity contribution in [1.82, 2.24) is 5.32 Å². The van der Waals surface area contributed by atoms with Crippen LogP contribution in [0, 0.1) is 5.92 Å². The fraction of sp³-hybridized carbons (Fsp3) is 0.611. The van der Waals surface area contributed by atoms with E-state index in [1.54, 1.807) is 0 Å². The van der Waals surface area contributed by atoms with Crippen LogP contribution in [0.1, 0.15) is 49.4 Å². The van der Waals surface area contributed by atoms with Gasteiger partial charge in [0.05, 0.1) is 17.5 Å². The number of amides is 1. The average molecular weight is 339 g/mol. The highest BCUT2D eigenvalue weighted by atomic mass is 35.5. The SMILES string of the molecule is CCC1CCC(NC(=O)c2ccccc2NCC(O)CCl)CC1. The summed E-state index contributed by atoms with van der Waals surface area (Å²) < 4.78 is 0. The van der Waals surface area contributed by atoms with Crippen molar-refractivity contribution in [3.05, 3.63) is 29.8 Å². The zero-order valence-corrected chi connectivity index (χ0v) is 14.5. The summed E-state index contributed by atoms with van der Waals surface area (Å²) in [7, 11) is 0. The van der Waals surface area contributed by atoms with Gasteiger partial charge in [-0.15, -0.1) is 11.6 Å². The van der Waals surface area contributed by atoms with Crippen LogP contribution in [-0.2, 0) is 0 Å². The molecule has 1 aromatic rings. The maximum absolute atomic E-state index is 12.6. The lowest BCUT2D eigenvalue weighted by atomic mass is 9.84. The molecule has 0 aromatic heterocycles. The Morgan fingerprint density at radius 2 is 2.00 bits per heavy atom. The van der Waals surface area contributed by atoms with Crippen molar-refractivity contribution in [1.29, 1.82) is 0 Å². The second kappa shape index (κ2) is 9.14. The van der Waals surface area contributed by atoms with Crippen LogP contribution in [0.5, 0.6) is 0 Å². The van der Waals surface area contributed by atoms with Crippen LogP contribution >= 0.6 is 11.6 Å². The number of hydrogen-bond acceptors (Lipinski definition) is 3. The molecule has 3 N–H and O–H groups in total. The molecule has 4 nitrogen and oxygen atoms in total. The van der Waals surface area contributed by atoms with Gasteiger partial charge in [0.2, 0.25) is 0 Å². The molecule has 0 bridgehead atoms. The minimum atomic E-state index is -0.628. The average Bonchev–Trinajstić information content (AvgIpc) is 2.60. The minimum Gasteiger partial charge on any atom is -0.390 e. The van der Waals surface area contributed by atoms with Crippen molar-refractivity contribution in [2.75, 3.05) is 17.7 Å². The minimum absolute atomic E-state index is 0.0478. The standard InChI is InChI=1S/C18H27ClN2O2/c1-2-13-7-9-14(10-8-13)21-18(23)16-5-3-4-6-17(16)20-12-15(22)11-19/h3-6,13-15,20,22H,2,7-12H2,1H3,(H,21,23). The van der Waals surface area contributed by atoms with Crippen LogP contribution in [0.3, 0.4) is 0 Å². The molecule has 0 aliphatic heterocycles. The molecular formula is C18H27ClN2O2. The monoisotopic (exact) mass is 338 g/mol. The molecule has 1 aliphatic rings. The fourth-order valence-corrected chi connectivity index (χ4v) is 3.20. The van der Waals surface area contributed by atoms with Gasteiger partial charge in [-0.1, -0.05) is 25.5 Å². The van der Waals surface area contributed by atoms with E-state index in [4.69, 9.17) is 11.6 Å². The second-order valence-corrected chi connectivity index (χ2v) is 6.64. The van der Waals surface area contributed by atoms with Crippen molar-refractivity contribution in [2.45, 2.75) is 51.2 Å². The summed E-state index contributed by atoms with van der Waals surface area (Å²) in [6.45, 7) is 2.57. The third kappa shape index (κ3) is 5.40. The molecule has 1 aromatic carbocycles. The first kappa shape index (κ1) is 18.1. The Kier molecular flexibility index (Phi) is 7.18. The predicted molar refractivity (Wildman–Crippen MR) is 95.2 cm³/mol. The third-order valence-corrected chi connectivity index (χ3v) is 4.99. The first-order valence-electron chi connectivity index (χ1n) is 8.51. The van der Waals surface area contributed by atoms with Gasteiger partial charge in [-0.05, 0) is 43.7 Å². The number of carbonyl (C=O) groups is 1. The van der Waals surface area contributed by atoms with Gasteiger partial charge in [0.15, 0.2) is 0 Å². The largest absolute Gasteiger partial charge is 0.390 e. The number of halogens is 1. The summed E-state index contributed by atoms with van der Waals surface area (Å²) >= 11 is 5.60. The molecule has 0 radical (unpaired) electrons. The molecule has 1 atom stereocenters. The number of aliphatic hydroxyl groups is 1. The first-order chi connectivity index (χ1) is 11.1. The Bertz CT molecular complexity index is 502. The number of hydrogen-bond donors (Lipinski definition) is 3. The highest BCUT2D eigenvalue weighted by Gasteiger charge is 2.22. The Hall–Kier alpha value is -1.26. The zero-order chi connectivity index (χ0) is 16.7. The molecule has 1 fully saturated rings. The van der Waals surface area contributed by atoms with Crippen LogP contribution in [0.4, 0.5) is 5.69 Å².